The molecule has 1 aliphatic heterocycles. The fourth-order valence-corrected chi connectivity index (χ4v) is 3.11. The maximum absolute atomic E-state index is 12.4. The van der Waals surface area contributed by atoms with Crippen LogP contribution >= 0.6 is 0 Å². The summed E-state index contributed by atoms with van der Waals surface area (Å²) >= 11 is 0. The van der Waals surface area contributed by atoms with Crippen LogP contribution in [0.25, 0.3) is 0 Å². The van der Waals surface area contributed by atoms with Crippen LogP contribution in [0.15, 0.2) is 52.1 Å². The van der Waals surface area contributed by atoms with E-state index in [0.717, 1.165) is 11.5 Å². The maximum Gasteiger partial charge on any atom is 0.289 e. The third kappa shape index (κ3) is 4.51. The normalized spacial score (nSPS) is 14.7. The van der Waals surface area contributed by atoms with Gasteiger partial charge in [0.1, 0.15) is 0 Å². The predicted molar refractivity (Wildman–Crippen MR) is 106 cm³/mol. The highest BCUT2D eigenvalue weighted by atomic mass is 16.3. The fraction of sp³-hybridized carbons (Fsp3) is 0.350. The molecule has 2 amide bonds. The van der Waals surface area contributed by atoms with Crippen LogP contribution in [0.3, 0.4) is 0 Å². The van der Waals surface area contributed by atoms with Crippen LogP contribution in [0.4, 0.5) is 0 Å². The Morgan fingerprint density at radius 3 is 2.32 bits per heavy atom. The number of aliphatic imine (C=N–C) groups is 1. The van der Waals surface area contributed by atoms with E-state index in [2.05, 4.69) is 20.5 Å². The molecule has 0 radical (unpaired) electrons. The highest BCUT2D eigenvalue weighted by Crippen LogP contribution is 2.10. The minimum absolute atomic E-state index is 0.0798. The summed E-state index contributed by atoms with van der Waals surface area (Å²) in [6, 6.07) is 10.9. The zero-order valence-electron chi connectivity index (χ0n) is 16.1. The van der Waals surface area contributed by atoms with Crippen LogP contribution < -0.4 is 10.6 Å². The van der Waals surface area contributed by atoms with Gasteiger partial charge in [-0.25, -0.2) is 0 Å². The number of carbonyl (C=O) groups is 2. The van der Waals surface area contributed by atoms with Crippen molar-refractivity contribution in [2.45, 2.75) is 6.54 Å². The number of amides is 2. The first-order valence-corrected chi connectivity index (χ1v) is 9.21. The van der Waals surface area contributed by atoms with Crippen LogP contribution in [-0.4, -0.2) is 67.8 Å². The van der Waals surface area contributed by atoms with Crippen molar-refractivity contribution in [2.24, 2.45) is 4.99 Å². The van der Waals surface area contributed by atoms with Crippen molar-refractivity contribution >= 4 is 17.8 Å². The molecular weight excluding hydrogens is 358 g/mol. The van der Waals surface area contributed by atoms with Crippen LogP contribution in [-0.2, 0) is 6.54 Å². The van der Waals surface area contributed by atoms with Crippen molar-refractivity contribution in [3.8, 4) is 0 Å². The molecule has 1 aliphatic rings. The van der Waals surface area contributed by atoms with Gasteiger partial charge in [0.05, 0.1) is 6.26 Å². The second-order valence-electron chi connectivity index (χ2n) is 6.43. The lowest BCUT2D eigenvalue weighted by molar-refractivity contribution is 0.0657. The largest absolute Gasteiger partial charge is 0.459 e. The van der Waals surface area contributed by atoms with E-state index in [0.29, 0.717) is 44.0 Å². The van der Waals surface area contributed by atoms with E-state index in [1.807, 2.05) is 12.1 Å². The molecule has 8 heteroatoms. The van der Waals surface area contributed by atoms with E-state index in [-0.39, 0.29) is 11.8 Å². The van der Waals surface area contributed by atoms with Crippen molar-refractivity contribution < 1.29 is 14.0 Å². The molecule has 2 heterocycles. The van der Waals surface area contributed by atoms with Gasteiger partial charge in [-0.1, -0.05) is 12.1 Å². The van der Waals surface area contributed by atoms with Gasteiger partial charge in [0, 0.05) is 52.4 Å². The number of nitrogens with zero attached hydrogens (tertiary/aromatic N) is 3. The number of carbonyl (C=O) groups excluding carboxylic acids is 2. The molecule has 1 aromatic heterocycles. The van der Waals surface area contributed by atoms with E-state index >= 15 is 0 Å². The minimum Gasteiger partial charge on any atom is -0.459 e. The Hall–Kier alpha value is -3.29. The first-order valence-electron chi connectivity index (χ1n) is 9.21. The minimum atomic E-state index is -0.0997. The highest BCUT2D eigenvalue weighted by Gasteiger charge is 2.25. The lowest BCUT2D eigenvalue weighted by Gasteiger charge is -2.36. The van der Waals surface area contributed by atoms with Crippen molar-refractivity contribution in [1.29, 1.82) is 0 Å². The van der Waals surface area contributed by atoms with Crippen LogP contribution in [0.5, 0.6) is 0 Å². The van der Waals surface area contributed by atoms with Gasteiger partial charge in [-0.05, 0) is 29.8 Å². The number of guanidine groups is 1. The molecule has 0 saturated carbocycles. The van der Waals surface area contributed by atoms with Gasteiger partial charge < -0.3 is 24.9 Å². The second-order valence-corrected chi connectivity index (χ2v) is 6.43. The smallest absolute Gasteiger partial charge is 0.289 e. The Morgan fingerprint density at radius 1 is 1.07 bits per heavy atom. The fourth-order valence-electron chi connectivity index (χ4n) is 3.11. The van der Waals surface area contributed by atoms with Gasteiger partial charge in [-0.15, -0.1) is 0 Å². The standard InChI is InChI=1S/C20H25N5O3/c1-21-18(26)16-7-5-15(6-8-16)14-23-20(22-2)25-11-9-24(10-12-25)19(27)17-4-3-13-28-17/h3-8,13H,9-12,14H2,1-2H3,(H,21,26)(H,22,23). The molecule has 0 atom stereocenters. The molecule has 8 nitrogen and oxygen atoms in total. The molecule has 0 unspecified atom stereocenters. The van der Waals surface area contributed by atoms with Gasteiger partial charge in [0.2, 0.25) is 0 Å². The SMILES string of the molecule is CN=C(NCc1ccc(C(=O)NC)cc1)N1CCN(C(=O)c2ccco2)CC1. The average molecular weight is 383 g/mol. The molecule has 1 fully saturated rings. The molecule has 2 aromatic rings. The molecule has 3 rings (SSSR count). The van der Waals surface area contributed by atoms with E-state index in [1.165, 1.54) is 6.26 Å². The Bertz CT molecular complexity index is 822. The second kappa shape index (κ2) is 9.07. The Labute approximate surface area is 164 Å². The third-order valence-electron chi connectivity index (χ3n) is 4.70. The molecule has 2 N–H and O–H groups in total. The van der Waals surface area contributed by atoms with Crippen molar-refractivity contribution in [3.63, 3.8) is 0 Å². The lowest BCUT2D eigenvalue weighted by Crippen LogP contribution is -2.53. The summed E-state index contributed by atoms with van der Waals surface area (Å²) in [5, 5.41) is 5.95. The number of hydrogen-bond acceptors (Lipinski definition) is 4. The lowest BCUT2D eigenvalue weighted by atomic mass is 10.1. The zero-order valence-corrected chi connectivity index (χ0v) is 16.1. The Balaban J connectivity index is 1.51. The quantitative estimate of drug-likeness (QED) is 0.611. The summed E-state index contributed by atoms with van der Waals surface area (Å²) in [5.41, 5.74) is 1.69. The van der Waals surface area contributed by atoms with E-state index in [4.69, 9.17) is 4.42 Å². The van der Waals surface area contributed by atoms with Gasteiger partial charge in [0.15, 0.2) is 11.7 Å². The van der Waals surface area contributed by atoms with Gasteiger partial charge in [-0.2, -0.15) is 0 Å². The highest BCUT2D eigenvalue weighted by molar-refractivity contribution is 5.94. The topological polar surface area (TPSA) is 90.2 Å². The Kier molecular flexibility index (Phi) is 6.31. The number of hydrogen-bond donors (Lipinski definition) is 2. The number of furan rings is 1. The van der Waals surface area contributed by atoms with Gasteiger partial charge in [-0.3, -0.25) is 14.6 Å². The predicted octanol–water partition coefficient (Wildman–Crippen LogP) is 1.17. The molecule has 1 saturated heterocycles. The average Bonchev–Trinajstić information content (AvgIpc) is 3.29. The monoisotopic (exact) mass is 383 g/mol. The molecule has 1 aromatic carbocycles. The molecule has 148 valence electrons. The summed E-state index contributed by atoms with van der Waals surface area (Å²) in [4.78, 5) is 32.2. The number of piperazine rings is 1. The van der Waals surface area contributed by atoms with Crippen molar-refractivity contribution in [2.75, 3.05) is 40.3 Å². The van der Waals surface area contributed by atoms with Crippen LogP contribution in [0, 0.1) is 0 Å². The molecule has 0 aliphatic carbocycles. The number of nitrogens with one attached hydrogen (secondary N) is 2. The summed E-state index contributed by atoms with van der Waals surface area (Å²) in [6.07, 6.45) is 1.51. The summed E-state index contributed by atoms with van der Waals surface area (Å²) in [7, 11) is 3.36. The molecule has 0 spiro atoms. The summed E-state index contributed by atoms with van der Waals surface area (Å²) < 4.78 is 5.20. The Morgan fingerprint density at radius 2 is 1.75 bits per heavy atom. The van der Waals surface area contributed by atoms with Gasteiger partial charge in [0.25, 0.3) is 11.8 Å². The summed E-state index contributed by atoms with van der Waals surface area (Å²) in [6.45, 7) is 3.22. The molecule has 28 heavy (non-hydrogen) atoms. The van der Waals surface area contributed by atoms with E-state index < -0.39 is 0 Å². The first kappa shape index (κ1) is 19.5. The molecular formula is C20H25N5O3. The molecule has 0 bridgehead atoms. The van der Waals surface area contributed by atoms with E-state index in [9.17, 15) is 9.59 Å². The van der Waals surface area contributed by atoms with Gasteiger partial charge >= 0.3 is 0 Å². The zero-order chi connectivity index (χ0) is 19.9. The van der Waals surface area contributed by atoms with Crippen LogP contribution in [0.1, 0.15) is 26.5 Å². The summed E-state index contributed by atoms with van der Waals surface area (Å²) in [5.74, 6) is 0.984. The van der Waals surface area contributed by atoms with Crippen LogP contribution in [0.2, 0.25) is 0 Å². The third-order valence-corrected chi connectivity index (χ3v) is 4.70. The van der Waals surface area contributed by atoms with Crippen molar-refractivity contribution in [1.82, 2.24) is 20.4 Å². The number of rotatable bonds is 4. The van der Waals surface area contributed by atoms with Crippen molar-refractivity contribution in [3.05, 3.63) is 59.5 Å². The van der Waals surface area contributed by atoms with E-state index in [1.54, 1.807) is 43.3 Å². The first-order chi connectivity index (χ1) is 13.6. The number of benzene rings is 1. The maximum atomic E-state index is 12.4.